The highest BCUT2D eigenvalue weighted by Crippen LogP contribution is 2.26. The molecule has 0 heterocycles. The molecule has 4 nitrogen and oxygen atoms in total. The first kappa shape index (κ1) is 23.9. The number of benzene rings is 4. The minimum atomic E-state index is -3.46. The SMILES string of the molecule is Cc1ccc(CS(=O)(=O)c2ccc(-c3ccc(S(=O)(=O)Cc4ccc(C)cc4)cc3)cc2)cc1. The van der Waals surface area contributed by atoms with Crippen molar-refractivity contribution in [2.75, 3.05) is 0 Å². The Morgan fingerprint density at radius 3 is 1.03 bits per heavy atom. The molecule has 0 unspecified atom stereocenters. The molecule has 0 saturated carbocycles. The van der Waals surface area contributed by atoms with E-state index in [2.05, 4.69) is 0 Å². The van der Waals surface area contributed by atoms with Gasteiger partial charge in [-0.25, -0.2) is 16.8 Å². The third-order valence-electron chi connectivity index (χ3n) is 5.71. The summed E-state index contributed by atoms with van der Waals surface area (Å²) in [7, 11) is -6.93. The molecule has 4 aromatic rings. The summed E-state index contributed by atoms with van der Waals surface area (Å²) >= 11 is 0. The lowest BCUT2D eigenvalue weighted by Gasteiger charge is -2.09. The van der Waals surface area contributed by atoms with Gasteiger partial charge in [0.2, 0.25) is 0 Å². The van der Waals surface area contributed by atoms with Gasteiger partial charge < -0.3 is 0 Å². The molecule has 0 atom stereocenters. The lowest BCUT2D eigenvalue weighted by Crippen LogP contribution is -2.05. The van der Waals surface area contributed by atoms with Crippen LogP contribution in [0.25, 0.3) is 11.1 Å². The van der Waals surface area contributed by atoms with Gasteiger partial charge in [0.1, 0.15) is 0 Å². The fraction of sp³-hybridized carbons (Fsp3) is 0.143. The maximum atomic E-state index is 12.8. The first-order valence-corrected chi connectivity index (χ1v) is 14.2. The molecular weight excluding hydrogens is 464 g/mol. The van der Waals surface area contributed by atoms with Crippen LogP contribution in [-0.2, 0) is 31.2 Å². The molecular formula is C28H26O4S2. The van der Waals surface area contributed by atoms with Gasteiger partial charge in [-0.05, 0) is 60.4 Å². The van der Waals surface area contributed by atoms with Crippen LogP contribution in [0.4, 0.5) is 0 Å². The Labute approximate surface area is 201 Å². The molecule has 4 aromatic carbocycles. The van der Waals surface area contributed by atoms with Crippen molar-refractivity contribution < 1.29 is 16.8 Å². The smallest absolute Gasteiger partial charge is 0.182 e. The monoisotopic (exact) mass is 490 g/mol. The van der Waals surface area contributed by atoms with E-state index in [0.29, 0.717) is 0 Å². The van der Waals surface area contributed by atoms with Crippen molar-refractivity contribution in [3.63, 3.8) is 0 Å². The van der Waals surface area contributed by atoms with Gasteiger partial charge in [0.05, 0.1) is 21.3 Å². The summed E-state index contributed by atoms with van der Waals surface area (Å²) in [5.41, 5.74) is 5.29. The molecule has 0 fully saturated rings. The second-order valence-electron chi connectivity index (χ2n) is 8.54. The number of hydrogen-bond donors (Lipinski definition) is 0. The molecule has 0 aliphatic heterocycles. The van der Waals surface area contributed by atoms with Gasteiger partial charge in [-0.3, -0.25) is 0 Å². The third kappa shape index (κ3) is 5.64. The fourth-order valence-corrected chi connectivity index (χ4v) is 6.38. The third-order valence-corrected chi connectivity index (χ3v) is 9.12. The van der Waals surface area contributed by atoms with Crippen molar-refractivity contribution in [1.29, 1.82) is 0 Å². The molecule has 0 aliphatic rings. The van der Waals surface area contributed by atoms with Crippen molar-refractivity contribution in [1.82, 2.24) is 0 Å². The Hall–Kier alpha value is -3.22. The highest BCUT2D eigenvalue weighted by Gasteiger charge is 2.17. The van der Waals surface area contributed by atoms with Crippen molar-refractivity contribution in [2.24, 2.45) is 0 Å². The van der Waals surface area contributed by atoms with E-state index in [1.807, 2.05) is 62.4 Å². The highest BCUT2D eigenvalue weighted by atomic mass is 32.2. The van der Waals surface area contributed by atoms with Crippen LogP contribution in [0.15, 0.2) is 107 Å². The first-order valence-electron chi connectivity index (χ1n) is 10.9. The van der Waals surface area contributed by atoms with Gasteiger partial charge in [-0.2, -0.15) is 0 Å². The Morgan fingerprint density at radius 1 is 0.441 bits per heavy atom. The maximum Gasteiger partial charge on any atom is 0.182 e. The van der Waals surface area contributed by atoms with Gasteiger partial charge in [-0.15, -0.1) is 0 Å². The van der Waals surface area contributed by atoms with E-state index in [4.69, 9.17) is 0 Å². The van der Waals surface area contributed by atoms with Crippen molar-refractivity contribution >= 4 is 19.7 Å². The van der Waals surface area contributed by atoms with Crippen molar-refractivity contribution in [2.45, 2.75) is 35.1 Å². The Kier molecular flexibility index (Phi) is 6.73. The van der Waals surface area contributed by atoms with Gasteiger partial charge in [0.15, 0.2) is 19.7 Å². The normalized spacial score (nSPS) is 11.9. The molecule has 174 valence electrons. The number of sulfone groups is 2. The minimum absolute atomic E-state index is 0.0554. The maximum absolute atomic E-state index is 12.8. The zero-order valence-corrected chi connectivity index (χ0v) is 20.7. The molecule has 34 heavy (non-hydrogen) atoms. The van der Waals surface area contributed by atoms with E-state index in [1.165, 1.54) is 0 Å². The molecule has 0 N–H and O–H groups in total. The second-order valence-corrected chi connectivity index (χ2v) is 12.5. The molecule has 0 amide bonds. The molecule has 4 rings (SSSR count). The quantitative estimate of drug-likeness (QED) is 0.323. The zero-order chi connectivity index (χ0) is 24.3. The lowest BCUT2D eigenvalue weighted by molar-refractivity contribution is 0.593. The summed E-state index contributed by atoms with van der Waals surface area (Å²) in [6.45, 7) is 3.92. The van der Waals surface area contributed by atoms with Crippen LogP contribution in [0.5, 0.6) is 0 Å². The summed E-state index contributed by atoms with van der Waals surface area (Å²) in [4.78, 5) is 0.517. The topological polar surface area (TPSA) is 68.3 Å². The Bertz CT molecular complexity index is 1360. The van der Waals surface area contributed by atoms with E-state index in [1.54, 1.807) is 48.5 Å². The Morgan fingerprint density at radius 2 is 0.735 bits per heavy atom. The minimum Gasteiger partial charge on any atom is -0.223 e. The lowest BCUT2D eigenvalue weighted by atomic mass is 10.1. The van der Waals surface area contributed by atoms with Crippen LogP contribution in [0.3, 0.4) is 0 Å². The molecule has 0 aromatic heterocycles. The molecule has 6 heteroatoms. The Balaban J connectivity index is 1.49. The van der Waals surface area contributed by atoms with Crippen LogP contribution in [-0.4, -0.2) is 16.8 Å². The largest absolute Gasteiger partial charge is 0.223 e. The average molecular weight is 491 g/mol. The summed E-state index contributed by atoms with van der Waals surface area (Å²) in [6, 6.07) is 28.3. The van der Waals surface area contributed by atoms with E-state index in [-0.39, 0.29) is 21.3 Å². The van der Waals surface area contributed by atoms with Gasteiger partial charge in [-0.1, -0.05) is 83.9 Å². The molecule has 0 saturated heterocycles. The van der Waals surface area contributed by atoms with E-state index in [0.717, 1.165) is 33.4 Å². The van der Waals surface area contributed by atoms with Crippen molar-refractivity contribution in [3.8, 4) is 11.1 Å². The molecule has 0 bridgehead atoms. The molecule has 0 aliphatic carbocycles. The number of hydrogen-bond acceptors (Lipinski definition) is 4. The predicted octanol–water partition coefficient (Wildman–Crippen LogP) is 5.92. The van der Waals surface area contributed by atoms with Crippen LogP contribution >= 0.6 is 0 Å². The predicted molar refractivity (Wildman–Crippen MR) is 136 cm³/mol. The van der Waals surface area contributed by atoms with Crippen molar-refractivity contribution in [3.05, 3.63) is 119 Å². The molecule has 0 spiro atoms. The second kappa shape index (κ2) is 9.57. The van der Waals surface area contributed by atoms with Crippen LogP contribution in [0.1, 0.15) is 22.3 Å². The summed E-state index contributed by atoms with van der Waals surface area (Å²) in [6.07, 6.45) is 0. The highest BCUT2D eigenvalue weighted by molar-refractivity contribution is 7.91. The van der Waals surface area contributed by atoms with E-state index < -0.39 is 19.7 Å². The summed E-state index contributed by atoms with van der Waals surface area (Å²) in [5, 5.41) is 0. The summed E-state index contributed by atoms with van der Waals surface area (Å²) in [5.74, 6) is -0.111. The van der Waals surface area contributed by atoms with Crippen LogP contribution in [0, 0.1) is 13.8 Å². The van der Waals surface area contributed by atoms with E-state index in [9.17, 15) is 16.8 Å². The number of rotatable bonds is 7. The fourth-order valence-electron chi connectivity index (χ4n) is 3.68. The zero-order valence-electron chi connectivity index (χ0n) is 19.1. The summed E-state index contributed by atoms with van der Waals surface area (Å²) < 4.78 is 51.2. The van der Waals surface area contributed by atoms with Gasteiger partial charge in [0.25, 0.3) is 0 Å². The standard InChI is InChI=1S/C28H26O4S2/c1-21-3-7-23(8-4-21)19-33(29,30)27-15-11-25(12-16-27)26-13-17-28(18-14-26)34(31,32)20-24-9-5-22(2)6-10-24/h3-18H,19-20H2,1-2H3. The average Bonchev–Trinajstić information content (AvgIpc) is 2.82. The van der Waals surface area contributed by atoms with Gasteiger partial charge >= 0.3 is 0 Å². The van der Waals surface area contributed by atoms with Crippen LogP contribution < -0.4 is 0 Å². The number of aryl methyl sites for hydroxylation is 2. The first-order chi connectivity index (χ1) is 16.1. The van der Waals surface area contributed by atoms with Crippen LogP contribution in [0.2, 0.25) is 0 Å². The molecule has 0 radical (unpaired) electrons. The van der Waals surface area contributed by atoms with Gasteiger partial charge in [0, 0.05) is 0 Å². The van der Waals surface area contributed by atoms with E-state index >= 15 is 0 Å².